The summed E-state index contributed by atoms with van der Waals surface area (Å²) in [6.07, 6.45) is 3.88. The van der Waals surface area contributed by atoms with Crippen LogP contribution >= 0.6 is 0 Å². The Labute approximate surface area is 141 Å². The van der Waals surface area contributed by atoms with Crippen molar-refractivity contribution in [2.75, 3.05) is 0 Å². The zero-order valence-electron chi connectivity index (χ0n) is 15.6. The Morgan fingerprint density at radius 3 is 2.48 bits per heavy atom. The van der Waals surface area contributed by atoms with Crippen LogP contribution in [0.2, 0.25) is 0 Å². The van der Waals surface area contributed by atoms with Crippen LogP contribution in [0.25, 0.3) is 0 Å². The van der Waals surface area contributed by atoms with Gasteiger partial charge >= 0.3 is 5.97 Å². The monoisotopic (exact) mass is 316 g/mol. The van der Waals surface area contributed by atoms with E-state index in [0.717, 1.165) is 25.7 Å². The maximum absolute atomic E-state index is 13.1. The molecule has 2 heteroatoms. The molecule has 2 unspecified atom stereocenters. The van der Waals surface area contributed by atoms with Gasteiger partial charge in [-0.15, -0.1) is 0 Å². The number of ether oxygens (including phenoxy) is 1. The number of carbonyl (C=O) groups is 1. The third kappa shape index (κ3) is 3.79. The van der Waals surface area contributed by atoms with Crippen LogP contribution in [0.1, 0.15) is 78.0 Å². The lowest BCUT2D eigenvalue weighted by Gasteiger charge is -2.42. The highest BCUT2D eigenvalue weighted by molar-refractivity contribution is 5.77. The van der Waals surface area contributed by atoms with E-state index in [2.05, 4.69) is 59.7 Å². The fraction of sp³-hybridized carbons (Fsp3) is 0.667. The lowest BCUT2D eigenvalue weighted by atomic mass is 9.64. The van der Waals surface area contributed by atoms with Crippen molar-refractivity contribution in [1.82, 2.24) is 0 Å². The first-order chi connectivity index (χ1) is 10.6. The Hall–Kier alpha value is -1.31. The van der Waals surface area contributed by atoms with Gasteiger partial charge in [0.15, 0.2) is 0 Å². The quantitative estimate of drug-likeness (QED) is 0.665. The second kappa shape index (κ2) is 6.67. The van der Waals surface area contributed by atoms with Crippen LogP contribution in [0.3, 0.4) is 0 Å². The van der Waals surface area contributed by atoms with Gasteiger partial charge in [-0.25, -0.2) is 0 Å². The molecular formula is C21H32O2. The van der Waals surface area contributed by atoms with Crippen molar-refractivity contribution in [3.63, 3.8) is 0 Å². The van der Waals surface area contributed by atoms with Gasteiger partial charge in [0.05, 0.1) is 5.41 Å². The maximum Gasteiger partial charge on any atom is 0.312 e. The van der Waals surface area contributed by atoms with Gasteiger partial charge < -0.3 is 4.74 Å². The van der Waals surface area contributed by atoms with E-state index in [-0.39, 0.29) is 17.5 Å². The zero-order chi connectivity index (χ0) is 17.3. The number of esters is 1. The summed E-state index contributed by atoms with van der Waals surface area (Å²) in [7, 11) is 0. The molecule has 1 aliphatic carbocycles. The molecule has 0 saturated carbocycles. The second-order valence-electron chi connectivity index (χ2n) is 8.67. The summed E-state index contributed by atoms with van der Waals surface area (Å²) in [6, 6.07) is 8.39. The van der Waals surface area contributed by atoms with E-state index in [1.165, 1.54) is 11.1 Å². The van der Waals surface area contributed by atoms with E-state index in [1.807, 2.05) is 6.07 Å². The first kappa shape index (κ1) is 18.0. The predicted molar refractivity (Wildman–Crippen MR) is 95.2 cm³/mol. The molecule has 0 heterocycles. The topological polar surface area (TPSA) is 26.3 Å². The fourth-order valence-corrected chi connectivity index (χ4v) is 3.60. The molecule has 2 nitrogen and oxygen atoms in total. The molecule has 1 aromatic carbocycles. The molecule has 23 heavy (non-hydrogen) atoms. The largest absolute Gasteiger partial charge is 0.457 e. The normalized spacial score (nSPS) is 20.7. The fourth-order valence-electron chi connectivity index (χ4n) is 3.60. The van der Waals surface area contributed by atoms with Gasteiger partial charge in [0.25, 0.3) is 0 Å². The minimum Gasteiger partial charge on any atom is -0.457 e. The van der Waals surface area contributed by atoms with Gasteiger partial charge in [0.1, 0.15) is 6.10 Å². The van der Waals surface area contributed by atoms with Crippen LogP contribution < -0.4 is 0 Å². The molecule has 128 valence electrons. The molecule has 1 aromatic rings. The third-order valence-corrected chi connectivity index (χ3v) is 5.49. The van der Waals surface area contributed by atoms with Crippen LogP contribution in [0.5, 0.6) is 0 Å². The van der Waals surface area contributed by atoms with Gasteiger partial charge in [0, 0.05) is 0 Å². The van der Waals surface area contributed by atoms with Crippen molar-refractivity contribution < 1.29 is 9.53 Å². The van der Waals surface area contributed by atoms with Crippen molar-refractivity contribution in [2.24, 2.45) is 16.7 Å². The highest BCUT2D eigenvalue weighted by Gasteiger charge is 2.46. The number of fused-ring (bicyclic) bond motifs is 1. The summed E-state index contributed by atoms with van der Waals surface area (Å²) in [5, 5.41) is 0. The molecule has 0 amide bonds. The Bertz CT molecular complexity index is 553. The molecule has 2 rings (SSSR count). The number of hydrogen-bond donors (Lipinski definition) is 0. The Kier molecular flexibility index (Phi) is 5.23. The van der Waals surface area contributed by atoms with Crippen LogP contribution in [-0.2, 0) is 16.0 Å². The van der Waals surface area contributed by atoms with E-state index in [9.17, 15) is 4.79 Å². The smallest absolute Gasteiger partial charge is 0.312 e. The number of carbonyl (C=O) groups excluding carboxylic acids is 1. The molecule has 0 spiro atoms. The average molecular weight is 316 g/mol. The van der Waals surface area contributed by atoms with Crippen LogP contribution in [0.15, 0.2) is 24.3 Å². The Morgan fingerprint density at radius 1 is 1.22 bits per heavy atom. The van der Waals surface area contributed by atoms with Crippen LogP contribution in [-0.4, -0.2) is 5.97 Å². The highest BCUT2D eigenvalue weighted by atomic mass is 16.5. The van der Waals surface area contributed by atoms with Crippen molar-refractivity contribution in [1.29, 1.82) is 0 Å². The molecule has 0 N–H and O–H groups in total. The van der Waals surface area contributed by atoms with E-state index >= 15 is 0 Å². The third-order valence-electron chi connectivity index (χ3n) is 5.49. The summed E-state index contributed by atoms with van der Waals surface area (Å²) < 4.78 is 6.07. The number of benzene rings is 1. The molecule has 0 bridgehead atoms. The summed E-state index contributed by atoms with van der Waals surface area (Å²) in [6.45, 7) is 12.9. The van der Waals surface area contributed by atoms with Gasteiger partial charge in [0.2, 0.25) is 0 Å². The van der Waals surface area contributed by atoms with Crippen LogP contribution in [0.4, 0.5) is 0 Å². The SMILES string of the molecule is CC(C)CC(C)(C(=O)OC1CCCc2ccccc21)C(C)(C)C. The molecule has 2 atom stereocenters. The molecular weight excluding hydrogens is 284 g/mol. The molecule has 0 fully saturated rings. The minimum atomic E-state index is -0.465. The molecule has 1 aliphatic rings. The van der Waals surface area contributed by atoms with Gasteiger partial charge in [-0.1, -0.05) is 58.9 Å². The molecule has 0 aliphatic heterocycles. The number of aryl methyl sites for hydroxylation is 1. The van der Waals surface area contributed by atoms with Crippen molar-refractivity contribution in [3.05, 3.63) is 35.4 Å². The predicted octanol–water partition coefficient (Wildman–Crippen LogP) is 5.71. The van der Waals surface area contributed by atoms with Crippen molar-refractivity contribution in [2.45, 2.75) is 73.3 Å². The average Bonchev–Trinajstić information content (AvgIpc) is 2.45. The summed E-state index contributed by atoms with van der Waals surface area (Å²) in [4.78, 5) is 13.1. The number of hydrogen-bond acceptors (Lipinski definition) is 2. The standard InChI is InChI=1S/C21H32O2/c1-15(2)14-21(6,20(3,4)5)19(22)23-18-13-9-11-16-10-7-8-12-17(16)18/h7-8,10,12,15,18H,9,11,13-14H2,1-6H3. The van der Waals surface area contributed by atoms with Crippen molar-refractivity contribution >= 4 is 5.97 Å². The summed E-state index contributed by atoms with van der Waals surface area (Å²) >= 11 is 0. The van der Waals surface area contributed by atoms with Crippen LogP contribution in [0, 0.1) is 16.7 Å². The van der Waals surface area contributed by atoms with E-state index in [4.69, 9.17) is 4.74 Å². The van der Waals surface area contributed by atoms with E-state index < -0.39 is 5.41 Å². The highest BCUT2D eigenvalue weighted by Crippen LogP contribution is 2.46. The second-order valence-corrected chi connectivity index (χ2v) is 8.67. The van der Waals surface area contributed by atoms with Gasteiger partial charge in [-0.2, -0.15) is 0 Å². The first-order valence-corrected chi connectivity index (χ1v) is 8.94. The summed E-state index contributed by atoms with van der Waals surface area (Å²) in [5.41, 5.74) is 1.95. The van der Waals surface area contributed by atoms with E-state index in [1.54, 1.807) is 0 Å². The van der Waals surface area contributed by atoms with Gasteiger partial charge in [-0.3, -0.25) is 4.79 Å². The number of rotatable bonds is 4. The Morgan fingerprint density at radius 2 is 1.87 bits per heavy atom. The van der Waals surface area contributed by atoms with Gasteiger partial charge in [-0.05, 0) is 55.1 Å². The molecule has 0 aromatic heterocycles. The molecule has 0 radical (unpaired) electrons. The van der Waals surface area contributed by atoms with E-state index in [0.29, 0.717) is 5.92 Å². The molecule has 0 saturated heterocycles. The maximum atomic E-state index is 13.1. The first-order valence-electron chi connectivity index (χ1n) is 8.94. The zero-order valence-corrected chi connectivity index (χ0v) is 15.6. The summed E-state index contributed by atoms with van der Waals surface area (Å²) in [5.74, 6) is 0.422. The lowest BCUT2D eigenvalue weighted by Crippen LogP contribution is -2.43. The van der Waals surface area contributed by atoms with Crippen molar-refractivity contribution in [3.8, 4) is 0 Å². The lowest BCUT2D eigenvalue weighted by molar-refractivity contribution is -0.170. The Balaban J connectivity index is 2.23. The minimum absolute atomic E-state index is 0.0413.